The number of aromatic nitrogens is 1. The molecule has 0 saturated heterocycles. The molecule has 0 saturated carbocycles. The van der Waals surface area contributed by atoms with E-state index in [1.54, 1.807) is 24.4 Å². The van der Waals surface area contributed by atoms with Crippen molar-refractivity contribution < 1.29 is 4.79 Å². The molecule has 0 radical (unpaired) electrons. The first-order valence-electron chi connectivity index (χ1n) is 6.79. The van der Waals surface area contributed by atoms with E-state index in [9.17, 15) is 4.79 Å². The SMILES string of the molecule is CC(C)c1ccc(C(=O)NC(=S)Nc2ccc(I)cn2)cc1. The van der Waals surface area contributed by atoms with Gasteiger partial charge in [0.2, 0.25) is 0 Å². The highest BCUT2D eigenvalue weighted by Crippen LogP contribution is 2.14. The third-order valence-corrected chi connectivity index (χ3v) is 3.88. The molecule has 0 spiro atoms. The normalized spacial score (nSPS) is 10.4. The lowest BCUT2D eigenvalue weighted by Gasteiger charge is -2.10. The second-order valence-electron chi connectivity index (χ2n) is 5.05. The van der Waals surface area contributed by atoms with Gasteiger partial charge < -0.3 is 5.32 Å². The van der Waals surface area contributed by atoms with Crippen LogP contribution in [0.3, 0.4) is 0 Å². The number of hydrogen-bond acceptors (Lipinski definition) is 3. The largest absolute Gasteiger partial charge is 0.317 e. The summed E-state index contributed by atoms with van der Waals surface area (Å²) in [5.74, 6) is 0.797. The molecule has 1 aromatic heterocycles. The maximum Gasteiger partial charge on any atom is 0.257 e. The number of rotatable bonds is 3. The van der Waals surface area contributed by atoms with Gasteiger partial charge in [-0.2, -0.15) is 0 Å². The predicted molar refractivity (Wildman–Crippen MR) is 101 cm³/mol. The smallest absolute Gasteiger partial charge is 0.257 e. The molecule has 2 N–H and O–H groups in total. The highest BCUT2D eigenvalue weighted by molar-refractivity contribution is 14.1. The minimum atomic E-state index is -0.238. The van der Waals surface area contributed by atoms with Gasteiger partial charge in [0.1, 0.15) is 5.82 Å². The van der Waals surface area contributed by atoms with E-state index in [1.165, 1.54) is 5.56 Å². The molecule has 0 aliphatic rings. The first kappa shape index (κ1) is 16.8. The van der Waals surface area contributed by atoms with E-state index in [0.717, 1.165) is 3.57 Å². The fourth-order valence-electron chi connectivity index (χ4n) is 1.79. The monoisotopic (exact) mass is 425 g/mol. The molecule has 1 amide bonds. The molecule has 2 rings (SSSR count). The Labute approximate surface area is 148 Å². The molecule has 0 atom stereocenters. The van der Waals surface area contributed by atoms with Crippen molar-refractivity contribution in [1.82, 2.24) is 10.3 Å². The molecule has 0 bridgehead atoms. The average Bonchev–Trinajstić information content (AvgIpc) is 2.49. The van der Waals surface area contributed by atoms with E-state index in [0.29, 0.717) is 17.3 Å². The lowest BCUT2D eigenvalue weighted by molar-refractivity contribution is 0.0977. The molecule has 0 unspecified atom stereocenters. The van der Waals surface area contributed by atoms with Gasteiger partial charge in [-0.25, -0.2) is 4.98 Å². The van der Waals surface area contributed by atoms with Crippen LogP contribution in [0, 0.1) is 3.57 Å². The fourth-order valence-corrected chi connectivity index (χ4v) is 2.31. The van der Waals surface area contributed by atoms with Crippen LogP contribution in [0.1, 0.15) is 35.7 Å². The van der Waals surface area contributed by atoms with E-state index in [2.05, 4.69) is 52.1 Å². The molecular formula is C16H16IN3OS. The Bertz CT molecular complexity index is 669. The summed E-state index contributed by atoms with van der Waals surface area (Å²) >= 11 is 7.30. The van der Waals surface area contributed by atoms with Crippen LogP contribution in [0.2, 0.25) is 0 Å². The molecule has 1 aromatic carbocycles. The van der Waals surface area contributed by atoms with E-state index < -0.39 is 0 Å². The number of benzene rings is 1. The van der Waals surface area contributed by atoms with Crippen molar-refractivity contribution in [2.45, 2.75) is 19.8 Å². The molecule has 2 aromatic rings. The highest BCUT2D eigenvalue weighted by Gasteiger charge is 2.09. The number of nitrogens with zero attached hydrogens (tertiary/aromatic N) is 1. The number of carbonyl (C=O) groups is 1. The lowest BCUT2D eigenvalue weighted by Crippen LogP contribution is -2.34. The van der Waals surface area contributed by atoms with Gasteiger partial charge in [0.25, 0.3) is 5.91 Å². The first-order valence-corrected chi connectivity index (χ1v) is 8.28. The number of nitrogens with one attached hydrogen (secondary N) is 2. The quantitative estimate of drug-likeness (QED) is 0.578. The average molecular weight is 425 g/mol. The molecule has 114 valence electrons. The number of anilines is 1. The van der Waals surface area contributed by atoms with Crippen LogP contribution in [0.15, 0.2) is 42.6 Å². The van der Waals surface area contributed by atoms with Crippen molar-refractivity contribution in [1.29, 1.82) is 0 Å². The Morgan fingerprint density at radius 2 is 1.86 bits per heavy atom. The van der Waals surface area contributed by atoms with Crippen LogP contribution in [-0.4, -0.2) is 16.0 Å². The molecule has 6 heteroatoms. The second-order valence-corrected chi connectivity index (χ2v) is 6.70. The van der Waals surface area contributed by atoms with Gasteiger partial charge in [-0.1, -0.05) is 26.0 Å². The van der Waals surface area contributed by atoms with Gasteiger partial charge in [0.15, 0.2) is 5.11 Å². The van der Waals surface area contributed by atoms with Crippen molar-refractivity contribution in [3.8, 4) is 0 Å². The van der Waals surface area contributed by atoms with Crippen LogP contribution in [0.4, 0.5) is 5.82 Å². The topological polar surface area (TPSA) is 54.0 Å². The maximum absolute atomic E-state index is 12.1. The van der Waals surface area contributed by atoms with Crippen molar-refractivity contribution in [2.24, 2.45) is 0 Å². The highest BCUT2D eigenvalue weighted by atomic mass is 127. The van der Waals surface area contributed by atoms with E-state index in [-0.39, 0.29) is 11.0 Å². The number of thiocarbonyl (C=S) groups is 1. The Morgan fingerprint density at radius 3 is 2.41 bits per heavy atom. The van der Waals surface area contributed by atoms with Crippen LogP contribution >= 0.6 is 34.8 Å². The van der Waals surface area contributed by atoms with E-state index in [1.807, 2.05) is 18.2 Å². The Kier molecular flexibility index (Phi) is 5.84. The van der Waals surface area contributed by atoms with Gasteiger partial charge >= 0.3 is 0 Å². The molecule has 0 fully saturated rings. The molecule has 0 aliphatic carbocycles. The third-order valence-electron chi connectivity index (χ3n) is 3.04. The summed E-state index contributed by atoms with van der Waals surface area (Å²) < 4.78 is 1.03. The third kappa shape index (κ3) is 4.74. The molecule has 22 heavy (non-hydrogen) atoms. The van der Waals surface area contributed by atoms with Gasteiger partial charge in [-0.3, -0.25) is 10.1 Å². The standard InChI is InChI=1S/C16H16IN3OS/c1-10(2)11-3-5-12(6-4-11)15(21)20-16(22)19-14-8-7-13(17)9-18-14/h3-10H,1-2H3,(H2,18,19,20,21,22). The van der Waals surface area contributed by atoms with Crippen molar-refractivity contribution in [3.05, 3.63) is 57.3 Å². The summed E-state index contributed by atoms with van der Waals surface area (Å²) in [6.07, 6.45) is 1.72. The zero-order valence-electron chi connectivity index (χ0n) is 12.3. The minimum Gasteiger partial charge on any atom is -0.317 e. The summed E-state index contributed by atoms with van der Waals surface area (Å²) in [4.78, 5) is 16.3. The second kappa shape index (κ2) is 7.64. The number of halogens is 1. The van der Waals surface area contributed by atoms with Gasteiger partial charge in [-0.05, 0) is 70.6 Å². The maximum atomic E-state index is 12.1. The first-order chi connectivity index (χ1) is 10.5. The minimum absolute atomic E-state index is 0.228. The summed E-state index contributed by atoms with van der Waals surface area (Å²) in [6, 6.07) is 11.2. The summed E-state index contributed by atoms with van der Waals surface area (Å²) in [5, 5.41) is 5.76. The van der Waals surface area contributed by atoms with Gasteiger partial charge in [-0.15, -0.1) is 0 Å². The fraction of sp³-hybridized carbons (Fsp3) is 0.188. The van der Waals surface area contributed by atoms with E-state index >= 15 is 0 Å². The number of carbonyl (C=O) groups excluding carboxylic acids is 1. The van der Waals surface area contributed by atoms with Crippen LogP contribution in [-0.2, 0) is 0 Å². The van der Waals surface area contributed by atoms with Gasteiger partial charge in [0, 0.05) is 15.3 Å². The number of pyridine rings is 1. The van der Waals surface area contributed by atoms with Crippen LogP contribution in [0.5, 0.6) is 0 Å². The van der Waals surface area contributed by atoms with Crippen LogP contribution < -0.4 is 10.6 Å². The molecular weight excluding hydrogens is 409 g/mol. The number of amides is 1. The van der Waals surface area contributed by atoms with Crippen LogP contribution in [0.25, 0.3) is 0 Å². The van der Waals surface area contributed by atoms with Crippen molar-refractivity contribution in [3.63, 3.8) is 0 Å². The summed E-state index contributed by atoms with van der Waals surface area (Å²) in [5.41, 5.74) is 1.77. The molecule has 1 heterocycles. The summed E-state index contributed by atoms with van der Waals surface area (Å²) in [6.45, 7) is 4.23. The molecule has 0 aliphatic heterocycles. The zero-order chi connectivity index (χ0) is 16.1. The van der Waals surface area contributed by atoms with Gasteiger partial charge in [0.05, 0.1) is 0 Å². The Hall–Kier alpha value is -1.54. The lowest BCUT2D eigenvalue weighted by atomic mass is 10.0. The number of hydrogen-bond donors (Lipinski definition) is 2. The Balaban J connectivity index is 1.96. The van der Waals surface area contributed by atoms with E-state index in [4.69, 9.17) is 12.2 Å². The molecule has 4 nitrogen and oxygen atoms in total. The summed E-state index contributed by atoms with van der Waals surface area (Å²) in [7, 11) is 0. The predicted octanol–water partition coefficient (Wildman–Crippen LogP) is 3.94. The van der Waals surface area contributed by atoms with Crippen molar-refractivity contribution >= 4 is 51.6 Å². The van der Waals surface area contributed by atoms with Crippen molar-refractivity contribution in [2.75, 3.05) is 5.32 Å². The zero-order valence-corrected chi connectivity index (χ0v) is 15.2. The Morgan fingerprint density at radius 1 is 1.18 bits per heavy atom.